The maximum atomic E-state index is 12.7. The normalized spacial score (nSPS) is 23.8. The monoisotopic (exact) mass is 372 g/mol. The lowest BCUT2D eigenvalue weighted by atomic mass is 10.0. The molecule has 1 fully saturated rings. The Morgan fingerprint density at radius 3 is 2.85 bits per heavy atom. The van der Waals surface area contributed by atoms with Gasteiger partial charge in [-0.05, 0) is 64.9 Å². The topological polar surface area (TPSA) is 38.8 Å². The van der Waals surface area contributed by atoms with Crippen molar-refractivity contribution in [3.8, 4) is 0 Å². The zero-order chi connectivity index (χ0) is 19.2. The number of anilines is 1. The number of likely N-dealkylation sites (N-methyl/N-ethyl adjacent to an activating group) is 2. The molecule has 0 bridgehead atoms. The minimum absolute atomic E-state index is 0.121. The van der Waals surface area contributed by atoms with Crippen molar-refractivity contribution in [1.29, 1.82) is 0 Å². The van der Waals surface area contributed by atoms with Gasteiger partial charge in [-0.1, -0.05) is 18.2 Å². The number of para-hydroxylation sites is 1. The standard InChI is InChI=1S/C22H36N4O/c1-24(2)20-12-11-19(16-25(3)17-20)22(27)23-13-7-15-26-14-6-9-18-8-4-5-10-21(18)26/h4-5,8,10,19-20H,6-7,9,11-17H2,1-3H3,(H,23,27)/t19-,20+/m1/s1. The lowest BCUT2D eigenvalue weighted by molar-refractivity contribution is -0.125. The van der Waals surface area contributed by atoms with E-state index in [1.54, 1.807) is 0 Å². The molecule has 27 heavy (non-hydrogen) atoms. The second-order valence-corrected chi connectivity index (χ2v) is 8.48. The first kappa shape index (κ1) is 20.2. The molecular formula is C22H36N4O. The molecule has 0 spiro atoms. The molecule has 0 aliphatic carbocycles. The van der Waals surface area contributed by atoms with Gasteiger partial charge in [-0.25, -0.2) is 0 Å². The number of fused-ring (bicyclic) bond motifs is 1. The molecule has 1 aromatic rings. The Bertz CT molecular complexity index is 618. The van der Waals surface area contributed by atoms with E-state index < -0.39 is 0 Å². The molecule has 1 saturated heterocycles. The van der Waals surface area contributed by atoms with Crippen LogP contribution >= 0.6 is 0 Å². The highest BCUT2D eigenvalue weighted by atomic mass is 16.1. The molecule has 2 aliphatic rings. The molecule has 2 atom stereocenters. The van der Waals surface area contributed by atoms with Gasteiger partial charge in [-0.2, -0.15) is 0 Å². The van der Waals surface area contributed by atoms with Crippen LogP contribution in [-0.4, -0.2) is 75.6 Å². The number of likely N-dealkylation sites (tertiary alicyclic amines) is 1. The van der Waals surface area contributed by atoms with Crippen molar-refractivity contribution in [2.24, 2.45) is 5.92 Å². The van der Waals surface area contributed by atoms with E-state index in [0.29, 0.717) is 6.04 Å². The van der Waals surface area contributed by atoms with E-state index in [4.69, 9.17) is 0 Å². The smallest absolute Gasteiger partial charge is 0.224 e. The SMILES string of the molecule is CN1C[C@H](C(=O)NCCCN2CCCc3ccccc32)CC[C@H](N(C)C)C1. The molecule has 5 heteroatoms. The lowest BCUT2D eigenvalue weighted by Gasteiger charge is -2.31. The molecule has 0 saturated carbocycles. The number of rotatable bonds is 6. The zero-order valence-electron chi connectivity index (χ0n) is 17.3. The van der Waals surface area contributed by atoms with Crippen LogP contribution in [0.4, 0.5) is 5.69 Å². The third-order valence-electron chi connectivity index (χ3n) is 6.11. The van der Waals surface area contributed by atoms with Gasteiger partial charge in [0.25, 0.3) is 0 Å². The summed E-state index contributed by atoms with van der Waals surface area (Å²) in [5, 5.41) is 3.20. The van der Waals surface area contributed by atoms with Gasteiger partial charge in [0.2, 0.25) is 5.91 Å². The number of aryl methyl sites for hydroxylation is 1. The summed E-state index contributed by atoms with van der Waals surface area (Å²) in [7, 11) is 6.41. The van der Waals surface area contributed by atoms with Crippen LogP contribution in [0.15, 0.2) is 24.3 Å². The highest BCUT2D eigenvalue weighted by molar-refractivity contribution is 5.78. The fraction of sp³-hybridized carbons (Fsp3) is 0.682. The quantitative estimate of drug-likeness (QED) is 0.777. The van der Waals surface area contributed by atoms with Gasteiger partial charge in [-0.3, -0.25) is 4.79 Å². The summed E-state index contributed by atoms with van der Waals surface area (Å²) in [6, 6.07) is 9.28. The molecule has 0 unspecified atom stereocenters. The third kappa shape index (κ3) is 5.45. The Morgan fingerprint density at radius 1 is 1.22 bits per heavy atom. The van der Waals surface area contributed by atoms with E-state index >= 15 is 0 Å². The first-order valence-corrected chi connectivity index (χ1v) is 10.5. The number of carbonyl (C=O) groups excluding carboxylic acids is 1. The number of carbonyl (C=O) groups is 1. The minimum Gasteiger partial charge on any atom is -0.371 e. The molecule has 0 radical (unpaired) electrons. The first-order chi connectivity index (χ1) is 13.0. The second kappa shape index (κ2) is 9.56. The Balaban J connectivity index is 1.42. The first-order valence-electron chi connectivity index (χ1n) is 10.5. The van der Waals surface area contributed by atoms with Crippen molar-refractivity contribution < 1.29 is 4.79 Å². The van der Waals surface area contributed by atoms with Gasteiger partial charge < -0.3 is 20.0 Å². The summed E-state index contributed by atoms with van der Waals surface area (Å²) in [6.07, 6.45) is 5.50. The van der Waals surface area contributed by atoms with Gasteiger partial charge in [0.05, 0.1) is 5.92 Å². The van der Waals surface area contributed by atoms with E-state index in [9.17, 15) is 4.79 Å². The number of nitrogens with zero attached hydrogens (tertiary/aromatic N) is 3. The second-order valence-electron chi connectivity index (χ2n) is 8.48. The van der Waals surface area contributed by atoms with Crippen molar-refractivity contribution in [1.82, 2.24) is 15.1 Å². The zero-order valence-corrected chi connectivity index (χ0v) is 17.3. The molecule has 2 aliphatic heterocycles. The summed E-state index contributed by atoms with van der Waals surface area (Å²) in [5.41, 5.74) is 2.85. The van der Waals surface area contributed by atoms with Crippen LogP contribution in [0, 0.1) is 5.92 Å². The summed E-state index contributed by atoms with van der Waals surface area (Å²) in [5.74, 6) is 0.357. The van der Waals surface area contributed by atoms with Gasteiger partial charge in [0, 0.05) is 44.5 Å². The van der Waals surface area contributed by atoms with Crippen LogP contribution in [0.3, 0.4) is 0 Å². The van der Waals surface area contributed by atoms with Crippen molar-refractivity contribution in [3.63, 3.8) is 0 Å². The third-order valence-corrected chi connectivity index (χ3v) is 6.11. The van der Waals surface area contributed by atoms with Crippen LogP contribution in [-0.2, 0) is 11.2 Å². The average Bonchev–Trinajstić information content (AvgIpc) is 2.87. The largest absolute Gasteiger partial charge is 0.371 e. The van der Waals surface area contributed by atoms with E-state index in [1.165, 1.54) is 24.1 Å². The van der Waals surface area contributed by atoms with Crippen LogP contribution < -0.4 is 10.2 Å². The molecular weight excluding hydrogens is 336 g/mol. The number of nitrogens with one attached hydrogen (secondary N) is 1. The van der Waals surface area contributed by atoms with Gasteiger partial charge in [0.15, 0.2) is 0 Å². The highest BCUT2D eigenvalue weighted by Crippen LogP contribution is 2.26. The predicted octanol–water partition coefficient (Wildman–Crippen LogP) is 2.22. The lowest BCUT2D eigenvalue weighted by Crippen LogP contribution is -2.39. The van der Waals surface area contributed by atoms with Crippen molar-refractivity contribution >= 4 is 11.6 Å². The highest BCUT2D eigenvalue weighted by Gasteiger charge is 2.27. The molecule has 2 heterocycles. The predicted molar refractivity (Wildman–Crippen MR) is 112 cm³/mol. The van der Waals surface area contributed by atoms with Gasteiger partial charge >= 0.3 is 0 Å². The summed E-state index contributed by atoms with van der Waals surface area (Å²) < 4.78 is 0. The number of hydrogen-bond acceptors (Lipinski definition) is 4. The fourth-order valence-electron chi connectivity index (χ4n) is 4.49. The van der Waals surface area contributed by atoms with Crippen LogP contribution in [0.1, 0.15) is 31.2 Å². The van der Waals surface area contributed by atoms with Crippen molar-refractivity contribution in [3.05, 3.63) is 29.8 Å². The number of benzene rings is 1. The number of amides is 1. The van der Waals surface area contributed by atoms with Crippen LogP contribution in [0.2, 0.25) is 0 Å². The average molecular weight is 373 g/mol. The Kier molecular flexibility index (Phi) is 7.13. The molecule has 1 N–H and O–H groups in total. The maximum Gasteiger partial charge on any atom is 0.224 e. The minimum atomic E-state index is 0.121. The molecule has 0 aromatic heterocycles. The Hall–Kier alpha value is -1.59. The maximum absolute atomic E-state index is 12.7. The molecule has 3 rings (SSSR count). The van der Waals surface area contributed by atoms with Gasteiger partial charge in [0.1, 0.15) is 0 Å². The molecule has 1 aromatic carbocycles. The molecule has 150 valence electrons. The Morgan fingerprint density at radius 2 is 2.04 bits per heavy atom. The van der Waals surface area contributed by atoms with E-state index in [0.717, 1.165) is 52.0 Å². The summed E-state index contributed by atoms with van der Waals surface area (Å²) >= 11 is 0. The van der Waals surface area contributed by atoms with Crippen LogP contribution in [0.25, 0.3) is 0 Å². The van der Waals surface area contributed by atoms with E-state index in [2.05, 4.69) is 65.4 Å². The number of hydrogen-bond donors (Lipinski definition) is 1. The molecule has 1 amide bonds. The molecule has 5 nitrogen and oxygen atoms in total. The van der Waals surface area contributed by atoms with Crippen LogP contribution in [0.5, 0.6) is 0 Å². The fourth-order valence-corrected chi connectivity index (χ4v) is 4.49. The van der Waals surface area contributed by atoms with Crippen molar-refractivity contribution in [2.45, 2.75) is 38.1 Å². The summed E-state index contributed by atoms with van der Waals surface area (Å²) in [4.78, 5) is 19.7. The Labute approximate surface area is 164 Å². The summed E-state index contributed by atoms with van der Waals surface area (Å²) in [6.45, 7) is 4.84. The van der Waals surface area contributed by atoms with E-state index in [-0.39, 0.29) is 11.8 Å². The van der Waals surface area contributed by atoms with Gasteiger partial charge in [-0.15, -0.1) is 0 Å². The van der Waals surface area contributed by atoms with E-state index in [1.807, 2.05) is 0 Å². The van der Waals surface area contributed by atoms with Crippen molar-refractivity contribution in [2.75, 3.05) is 58.8 Å².